The summed E-state index contributed by atoms with van der Waals surface area (Å²) in [7, 11) is 4.40. The second-order valence-corrected chi connectivity index (χ2v) is 8.18. The highest BCUT2D eigenvalue weighted by atomic mass is 32.2. The molecule has 2 aromatic rings. The van der Waals surface area contributed by atoms with Crippen molar-refractivity contribution in [2.45, 2.75) is 6.42 Å². The van der Waals surface area contributed by atoms with Gasteiger partial charge in [0, 0.05) is 6.54 Å². The molecule has 3 rings (SSSR count). The van der Waals surface area contributed by atoms with E-state index in [1.165, 1.54) is 25.2 Å². The van der Waals surface area contributed by atoms with Crippen LogP contribution in [0.15, 0.2) is 41.3 Å². The maximum absolute atomic E-state index is 12.9. The van der Waals surface area contributed by atoms with Crippen LogP contribution in [-0.2, 0) is 11.2 Å². The number of nitrogens with zero attached hydrogens (tertiary/aromatic N) is 1. The van der Waals surface area contributed by atoms with Gasteiger partial charge < -0.3 is 19.3 Å². The highest BCUT2D eigenvalue weighted by Gasteiger charge is 2.32. The lowest BCUT2D eigenvalue weighted by Crippen LogP contribution is -2.30. The molecule has 0 aromatic heterocycles. The van der Waals surface area contributed by atoms with Gasteiger partial charge in [-0.1, -0.05) is 42.2 Å². The largest absolute Gasteiger partial charge is 0.497 e. The molecule has 162 valence electrons. The molecule has 1 N–H and O–H groups in total. The van der Waals surface area contributed by atoms with Gasteiger partial charge >= 0.3 is 5.97 Å². The van der Waals surface area contributed by atoms with E-state index in [9.17, 15) is 14.7 Å². The number of thioether (sulfide) groups is 1. The molecule has 1 saturated heterocycles. The third-order valence-electron chi connectivity index (χ3n) is 4.74. The van der Waals surface area contributed by atoms with Gasteiger partial charge in [0.15, 0.2) is 11.5 Å². The Morgan fingerprint density at radius 2 is 1.81 bits per heavy atom. The molecule has 0 unspecified atom stereocenters. The van der Waals surface area contributed by atoms with Crippen LogP contribution in [0, 0.1) is 0 Å². The minimum absolute atomic E-state index is 0.0784. The molecule has 0 aliphatic carbocycles. The molecule has 0 bridgehead atoms. The molecular formula is C22H21NO6S2. The molecule has 1 fully saturated rings. The predicted molar refractivity (Wildman–Crippen MR) is 123 cm³/mol. The Balaban J connectivity index is 1.83. The number of carboxylic acids is 1. The number of carboxylic acid groups (broad SMARTS) is 1. The Hall–Kier alpha value is -3.04. The van der Waals surface area contributed by atoms with E-state index in [4.69, 9.17) is 26.4 Å². The SMILES string of the molecule is COc1ccc(CCN2C(=O)/C(=C\c3ccc(OC)c(OC)c3C(=O)O)SC2=S)cc1. The normalized spacial score (nSPS) is 14.8. The number of aromatic carboxylic acids is 1. The van der Waals surface area contributed by atoms with Crippen molar-refractivity contribution < 1.29 is 28.9 Å². The van der Waals surface area contributed by atoms with E-state index in [1.54, 1.807) is 19.2 Å². The number of carbonyl (C=O) groups is 2. The number of carbonyl (C=O) groups excluding carboxylic acids is 1. The van der Waals surface area contributed by atoms with Crippen molar-refractivity contribution >= 4 is 46.3 Å². The number of ether oxygens (including phenoxy) is 3. The van der Waals surface area contributed by atoms with Crippen molar-refractivity contribution in [2.75, 3.05) is 27.9 Å². The van der Waals surface area contributed by atoms with Gasteiger partial charge in [0.05, 0.1) is 26.2 Å². The number of hydrogen-bond acceptors (Lipinski definition) is 7. The third-order valence-corrected chi connectivity index (χ3v) is 6.11. The van der Waals surface area contributed by atoms with Crippen LogP contribution in [-0.4, -0.2) is 54.1 Å². The Labute approximate surface area is 189 Å². The van der Waals surface area contributed by atoms with Gasteiger partial charge in [0.2, 0.25) is 0 Å². The summed E-state index contributed by atoms with van der Waals surface area (Å²) in [5, 5.41) is 9.69. The molecule has 7 nitrogen and oxygen atoms in total. The van der Waals surface area contributed by atoms with Crippen molar-refractivity contribution in [2.24, 2.45) is 0 Å². The predicted octanol–water partition coefficient (Wildman–Crippen LogP) is 3.85. The summed E-state index contributed by atoms with van der Waals surface area (Å²) < 4.78 is 16.0. The van der Waals surface area contributed by atoms with Crippen LogP contribution in [0.1, 0.15) is 21.5 Å². The average molecular weight is 460 g/mol. The lowest BCUT2D eigenvalue weighted by Gasteiger charge is -2.14. The first-order valence-corrected chi connectivity index (χ1v) is 10.5. The molecule has 31 heavy (non-hydrogen) atoms. The number of methoxy groups -OCH3 is 3. The maximum Gasteiger partial charge on any atom is 0.340 e. The van der Waals surface area contributed by atoms with E-state index < -0.39 is 5.97 Å². The molecule has 0 spiro atoms. The standard InChI is InChI=1S/C22H21NO6S2/c1-27-15-7-4-13(5-8-15)10-11-23-20(24)17(31-22(23)30)12-14-6-9-16(28-2)19(29-3)18(14)21(25)26/h4-9,12H,10-11H2,1-3H3,(H,25,26)/b17-12+. The van der Waals surface area contributed by atoms with Crippen LogP contribution < -0.4 is 14.2 Å². The zero-order valence-electron chi connectivity index (χ0n) is 17.2. The number of amides is 1. The molecule has 0 atom stereocenters. The van der Waals surface area contributed by atoms with Crippen molar-refractivity contribution in [3.05, 3.63) is 58.0 Å². The first-order chi connectivity index (χ1) is 14.9. The fraction of sp³-hybridized carbons (Fsp3) is 0.227. The van der Waals surface area contributed by atoms with Gasteiger partial charge in [-0.3, -0.25) is 9.69 Å². The molecule has 1 heterocycles. The number of rotatable bonds is 8. The van der Waals surface area contributed by atoms with Crippen LogP contribution in [0.2, 0.25) is 0 Å². The average Bonchev–Trinajstić information content (AvgIpc) is 3.04. The maximum atomic E-state index is 12.9. The molecule has 1 aliphatic heterocycles. The van der Waals surface area contributed by atoms with Crippen LogP contribution in [0.5, 0.6) is 17.2 Å². The first-order valence-electron chi connectivity index (χ1n) is 9.26. The summed E-state index contributed by atoms with van der Waals surface area (Å²) in [6.07, 6.45) is 2.15. The topological polar surface area (TPSA) is 85.3 Å². The monoisotopic (exact) mass is 459 g/mol. The summed E-state index contributed by atoms with van der Waals surface area (Å²) in [6.45, 7) is 0.423. The smallest absolute Gasteiger partial charge is 0.340 e. The van der Waals surface area contributed by atoms with Crippen LogP contribution in [0.4, 0.5) is 0 Å². The number of hydrogen-bond donors (Lipinski definition) is 1. The van der Waals surface area contributed by atoms with Gasteiger partial charge in [0.1, 0.15) is 15.6 Å². The fourth-order valence-electron chi connectivity index (χ4n) is 3.15. The first kappa shape index (κ1) is 22.6. The molecule has 0 saturated carbocycles. The fourth-order valence-corrected chi connectivity index (χ4v) is 4.45. The minimum Gasteiger partial charge on any atom is -0.497 e. The summed E-state index contributed by atoms with van der Waals surface area (Å²) in [5.74, 6) is -0.282. The lowest BCUT2D eigenvalue weighted by molar-refractivity contribution is -0.122. The van der Waals surface area contributed by atoms with Gasteiger partial charge in [-0.2, -0.15) is 0 Å². The zero-order chi connectivity index (χ0) is 22.5. The quantitative estimate of drug-likeness (QED) is 0.471. The molecule has 9 heteroatoms. The molecular weight excluding hydrogens is 438 g/mol. The van der Waals surface area contributed by atoms with Crippen molar-refractivity contribution in [1.29, 1.82) is 0 Å². The molecule has 0 radical (unpaired) electrons. The van der Waals surface area contributed by atoms with Crippen molar-refractivity contribution in [1.82, 2.24) is 4.90 Å². The van der Waals surface area contributed by atoms with Gasteiger partial charge in [-0.25, -0.2) is 4.79 Å². The van der Waals surface area contributed by atoms with Crippen LogP contribution >= 0.6 is 24.0 Å². The second-order valence-electron chi connectivity index (χ2n) is 6.50. The molecule has 2 aromatic carbocycles. The Morgan fingerprint density at radius 1 is 1.10 bits per heavy atom. The highest BCUT2D eigenvalue weighted by molar-refractivity contribution is 8.26. The van der Waals surface area contributed by atoms with Gasteiger partial charge in [-0.15, -0.1) is 0 Å². The summed E-state index contributed by atoms with van der Waals surface area (Å²) >= 11 is 6.53. The summed E-state index contributed by atoms with van der Waals surface area (Å²) in [5.41, 5.74) is 1.30. The highest BCUT2D eigenvalue weighted by Crippen LogP contribution is 2.37. The Bertz CT molecular complexity index is 1050. The van der Waals surface area contributed by atoms with Crippen molar-refractivity contribution in [3.8, 4) is 17.2 Å². The Kier molecular flexibility index (Phi) is 7.19. The minimum atomic E-state index is -1.18. The molecule has 1 aliphatic rings. The van der Waals surface area contributed by atoms with E-state index >= 15 is 0 Å². The van der Waals surface area contributed by atoms with Gasteiger partial charge in [-0.05, 0) is 41.8 Å². The Morgan fingerprint density at radius 3 is 2.39 bits per heavy atom. The summed E-state index contributed by atoms with van der Waals surface area (Å²) in [4.78, 5) is 26.7. The van der Waals surface area contributed by atoms with E-state index in [0.717, 1.165) is 23.1 Å². The van der Waals surface area contributed by atoms with Crippen LogP contribution in [0.3, 0.4) is 0 Å². The lowest BCUT2D eigenvalue weighted by atomic mass is 10.0. The van der Waals surface area contributed by atoms with Gasteiger partial charge in [0.25, 0.3) is 5.91 Å². The van der Waals surface area contributed by atoms with E-state index in [0.29, 0.717) is 33.5 Å². The second kappa shape index (κ2) is 9.84. The number of thiocarbonyl (C=S) groups is 1. The van der Waals surface area contributed by atoms with E-state index in [1.807, 2.05) is 24.3 Å². The van der Waals surface area contributed by atoms with Crippen molar-refractivity contribution in [3.63, 3.8) is 0 Å². The van der Waals surface area contributed by atoms with E-state index in [-0.39, 0.29) is 17.2 Å². The van der Waals surface area contributed by atoms with E-state index in [2.05, 4.69) is 0 Å². The molecule has 1 amide bonds. The van der Waals surface area contributed by atoms with Crippen LogP contribution in [0.25, 0.3) is 6.08 Å². The zero-order valence-corrected chi connectivity index (χ0v) is 18.8. The number of benzene rings is 2. The third kappa shape index (κ3) is 4.83. The summed E-state index contributed by atoms with van der Waals surface area (Å²) in [6, 6.07) is 10.8.